The van der Waals surface area contributed by atoms with Crippen LogP contribution >= 0.6 is 11.6 Å². The minimum absolute atomic E-state index is 0.226. The average molecular weight is 321 g/mol. The molecule has 2 N–H and O–H groups in total. The zero-order chi connectivity index (χ0) is 15.9. The fourth-order valence-electron chi connectivity index (χ4n) is 2.06. The number of aryl methyl sites for hydroxylation is 1. The summed E-state index contributed by atoms with van der Waals surface area (Å²) in [4.78, 5) is 11.7. The summed E-state index contributed by atoms with van der Waals surface area (Å²) in [6, 6.07) is 9.28. The van der Waals surface area contributed by atoms with Crippen molar-refractivity contribution in [2.45, 2.75) is 33.2 Å². The Balaban J connectivity index is 1.99. The highest BCUT2D eigenvalue weighted by atomic mass is 35.5. The Morgan fingerprint density at radius 3 is 2.86 bits per heavy atom. The van der Waals surface area contributed by atoms with E-state index >= 15 is 0 Å². The molecule has 0 fully saturated rings. The number of amides is 2. The van der Waals surface area contributed by atoms with E-state index < -0.39 is 0 Å². The molecule has 6 heteroatoms. The zero-order valence-corrected chi connectivity index (χ0v) is 13.7. The molecule has 0 atom stereocenters. The van der Waals surface area contributed by atoms with E-state index in [9.17, 15) is 4.79 Å². The third kappa shape index (κ3) is 4.49. The number of hydrogen-bond acceptors (Lipinski definition) is 2. The molecule has 1 aromatic heterocycles. The van der Waals surface area contributed by atoms with Gasteiger partial charge in [0.2, 0.25) is 0 Å². The molecule has 0 spiro atoms. The molecule has 0 bridgehead atoms. The number of rotatable bonds is 6. The normalized spacial score (nSPS) is 10.5. The number of carbonyl (C=O) groups excluding carboxylic acids is 1. The van der Waals surface area contributed by atoms with Gasteiger partial charge in [0, 0.05) is 23.3 Å². The van der Waals surface area contributed by atoms with Gasteiger partial charge in [-0.3, -0.25) is 10.00 Å². The van der Waals surface area contributed by atoms with Gasteiger partial charge in [0.1, 0.15) is 0 Å². The standard InChI is InChI=1S/C16H21ClN4O/c1-3-4-9-18-16(22)19-15-10-12(2)21(20-15)11-13-7-5-6-8-14(13)17/h5-8,10H,3-4,9,11H2,1-2H3,(H2,18,19,20,22). The SMILES string of the molecule is CCCCNC(=O)Nc1cc(C)n(Cc2ccccc2Cl)n1. The molecule has 22 heavy (non-hydrogen) atoms. The van der Waals surface area contributed by atoms with Crippen LogP contribution in [0, 0.1) is 6.92 Å². The number of hydrogen-bond donors (Lipinski definition) is 2. The first-order chi connectivity index (χ1) is 10.6. The topological polar surface area (TPSA) is 59.0 Å². The molecule has 2 aromatic rings. The van der Waals surface area contributed by atoms with Crippen molar-refractivity contribution in [1.29, 1.82) is 0 Å². The lowest BCUT2D eigenvalue weighted by atomic mass is 10.2. The van der Waals surface area contributed by atoms with Crippen molar-refractivity contribution >= 4 is 23.4 Å². The molecule has 0 aliphatic rings. The summed E-state index contributed by atoms with van der Waals surface area (Å²) in [7, 11) is 0. The van der Waals surface area contributed by atoms with Gasteiger partial charge in [0.15, 0.2) is 5.82 Å². The maximum Gasteiger partial charge on any atom is 0.320 e. The van der Waals surface area contributed by atoms with E-state index in [4.69, 9.17) is 11.6 Å². The van der Waals surface area contributed by atoms with Crippen LogP contribution in [0.2, 0.25) is 5.02 Å². The molecule has 1 aromatic carbocycles. The second-order valence-corrected chi connectivity index (χ2v) is 5.56. The van der Waals surface area contributed by atoms with Gasteiger partial charge in [0.25, 0.3) is 0 Å². The largest absolute Gasteiger partial charge is 0.338 e. The van der Waals surface area contributed by atoms with Crippen LogP contribution in [0.4, 0.5) is 10.6 Å². The van der Waals surface area contributed by atoms with Crippen molar-refractivity contribution in [3.8, 4) is 0 Å². The number of urea groups is 1. The minimum atomic E-state index is -0.226. The third-order valence-corrected chi connectivity index (χ3v) is 3.69. The fourth-order valence-corrected chi connectivity index (χ4v) is 2.25. The van der Waals surface area contributed by atoms with E-state index in [1.165, 1.54) is 0 Å². The van der Waals surface area contributed by atoms with Gasteiger partial charge in [-0.05, 0) is 25.0 Å². The van der Waals surface area contributed by atoms with Crippen LogP contribution in [-0.4, -0.2) is 22.4 Å². The van der Waals surface area contributed by atoms with Crippen molar-refractivity contribution in [1.82, 2.24) is 15.1 Å². The summed E-state index contributed by atoms with van der Waals surface area (Å²) in [5, 5.41) is 10.7. The highest BCUT2D eigenvalue weighted by Gasteiger charge is 2.09. The Bertz CT molecular complexity index is 639. The van der Waals surface area contributed by atoms with Gasteiger partial charge in [-0.15, -0.1) is 0 Å². The Hall–Kier alpha value is -2.01. The Morgan fingerprint density at radius 2 is 2.14 bits per heavy atom. The number of carbonyl (C=O) groups is 1. The fraction of sp³-hybridized carbons (Fsp3) is 0.375. The lowest BCUT2D eigenvalue weighted by molar-refractivity contribution is 0.252. The second-order valence-electron chi connectivity index (χ2n) is 5.15. The Kier molecular flexibility index (Phi) is 5.83. The summed E-state index contributed by atoms with van der Waals surface area (Å²) in [6.45, 7) is 5.27. The van der Waals surface area contributed by atoms with Crippen LogP contribution < -0.4 is 10.6 Å². The van der Waals surface area contributed by atoms with Crippen LogP contribution in [0.15, 0.2) is 30.3 Å². The van der Waals surface area contributed by atoms with Crippen LogP contribution in [0.1, 0.15) is 31.0 Å². The summed E-state index contributed by atoms with van der Waals surface area (Å²) in [5.74, 6) is 0.540. The first-order valence-corrected chi connectivity index (χ1v) is 7.80. The molecular formula is C16H21ClN4O. The summed E-state index contributed by atoms with van der Waals surface area (Å²) < 4.78 is 1.82. The molecule has 0 unspecified atom stereocenters. The molecule has 118 valence electrons. The molecule has 0 aliphatic carbocycles. The molecule has 2 amide bonds. The monoisotopic (exact) mass is 320 g/mol. The number of unbranched alkanes of at least 4 members (excludes halogenated alkanes) is 1. The van der Waals surface area contributed by atoms with E-state index in [1.54, 1.807) is 0 Å². The predicted octanol–water partition coefficient (Wildman–Crippen LogP) is 3.81. The first kappa shape index (κ1) is 16.4. The zero-order valence-electron chi connectivity index (χ0n) is 12.9. The maximum absolute atomic E-state index is 11.7. The molecule has 0 radical (unpaired) electrons. The van der Waals surface area contributed by atoms with Gasteiger partial charge in [-0.2, -0.15) is 5.10 Å². The molecular weight excluding hydrogens is 300 g/mol. The third-order valence-electron chi connectivity index (χ3n) is 3.32. The van der Waals surface area contributed by atoms with Crippen LogP contribution in [-0.2, 0) is 6.54 Å². The van der Waals surface area contributed by atoms with Gasteiger partial charge < -0.3 is 5.32 Å². The molecule has 5 nitrogen and oxygen atoms in total. The highest BCUT2D eigenvalue weighted by Crippen LogP contribution is 2.18. The molecule has 0 saturated carbocycles. The van der Waals surface area contributed by atoms with Crippen LogP contribution in [0.5, 0.6) is 0 Å². The van der Waals surface area contributed by atoms with Crippen molar-refractivity contribution < 1.29 is 4.79 Å². The van der Waals surface area contributed by atoms with Crippen molar-refractivity contribution in [2.75, 3.05) is 11.9 Å². The van der Waals surface area contributed by atoms with Gasteiger partial charge in [-0.25, -0.2) is 4.79 Å². The average Bonchev–Trinajstić information content (AvgIpc) is 2.81. The van der Waals surface area contributed by atoms with Crippen LogP contribution in [0.25, 0.3) is 0 Å². The van der Waals surface area contributed by atoms with E-state index in [2.05, 4.69) is 22.7 Å². The smallest absolute Gasteiger partial charge is 0.320 e. The number of anilines is 1. The lowest BCUT2D eigenvalue weighted by Crippen LogP contribution is -2.29. The number of benzene rings is 1. The minimum Gasteiger partial charge on any atom is -0.338 e. The molecule has 0 aliphatic heterocycles. The van der Waals surface area contributed by atoms with Crippen molar-refractivity contribution in [3.63, 3.8) is 0 Å². The summed E-state index contributed by atoms with van der Waals surface area (Å²) >= 11 is 6.17. The van der Waals surface area contributed by atoms with Crippen molar-refractivity contribution in [3.05, 3.63) is 46.6 Å². The number of halogens is 1. The summed E-state index contributed by atoms with van der Waals surface area (Å²) in [6.07, 6.45) is 2.01. The van der Waals surface area contributed by atoms with Crippen LogP contribution in [0.3, 0.4) is 0 Å². The predicted molar refractivity (Wildman–Crippen MR) is 89.4 cm³/mol. The highest BCUT2D eigenvalue weighted by molar-refractivity contribution is 6.31. The molecule has 0 saturated heterocycles. The second kappa shape index (κ2) is 7.84. The van der Waals surface area contributed by atoms with Gasteiger partial charge in [-0.1, -0.05) is 43.1 Å². The first-order valence-electron chi connectivity index (χ1n) is 7.43. The summed E-state index contributed by atoms with van der Waals surface area (Å²) in [5.41, 5.74) is 1.96. The van der Waals surface area contributed by atoms with E-state index in [0.29, 0.717) is 23.9 Å². The quantitative estimate of drug-likeness (QED) is 0.795. The van der Waals surface area contributed by atoms with Gasteiger partial charge in [0.05, 0.1) is 6.54 Å². The number of nitrogens with zero attached hydrogens (tertiary/aromatic N) is 2. The van der Waals surface area contributed by atoms with Crippen molar-refractivity contribution in [2.24, 2.45) is 0 Å². The van der Waals surface area contributed by atoms with E-state index in [1.807, 2.05) is 41.9 Å². The van der Waals surface area contributed by atoms with Gasteiger partial charge >= 0.3 is 6.03 Å². The molecule has 1 heterocycles. The maximum atomic E-state index is 11.7. The number of aromatic nitrogens is 2. The lowest BCUT2D eigenvalue weighted by Gasteiger charge is -2.06. The number of nitrogens with one attached hydrogen (secondary N) is 2. The Labute approximate surface area is 135 Å². The molecule has 2 rings (SSSR count). The van der Waals surface area contributed by atoms with E-state index in [0.717, 1.165) is 24.1 Å². The Morgan fingerprint density at radius 1 is 1.36 bits per heavy atom. The van der Waals surface area contributed by atoms with E-state index in [-0.39, 0.29) is 6.03 Å².